The molecule has 16 heavy (non-hydrogen) atoms. The molecule has 0 spiro atoms. The van der Waals surface area contributed by atoms with Gasteiger partial charge in [-0.25, -0.2) is 0 Å². The summed E-state index contributed by atoms with van der Waals surface area (Å²) in [7, 11) is 4.19. The third-order valence-corrected chi connectivity index (χ3v) is 2.89. The van der Waals surface area contributed by atoms with Crippen LogP contribution in [0.2, 0.25) is 0 Å². The quantitative estimate of drug-likeness (QED) is 0.784. The molecule has 1 heterocycles. The van der Waals surface area contributed by atoms with E-state index in [-0.39, 0.29) is 5.41 Å². The van der Waals surface area contributed by atoms with Crippen LogP contribution in [0.3, 0.4) is 0 Å². The van der Waals surface area contributed by atoms with Crippen LogP contribution in [-0.2, 0) is 12.0 Å². The van der Waals surface area contributed by atoms with Gasteiger partial charge in [-0.05, 0) is 33.4 Å². The number of likely N-dealkylation sites (N-methyl/N-ethyl adjacent to an activating group) is 1. The Balaban J connectivity index is 2.98. The van der Waals surface area contributed by atoms with Crippen LogP contribution >= 0.6 is 0 Å². The van der Waals surface area contributed by atoms with Crippen LogP contribution in [-0.4, -0.2) is 35.3 Å². The maximum atomic E-state index is 4.64. The van der Waals surface area contributed by atoms with Gasteiger partial charge in [-0.3, -0.25) is 4.68 Å². The Morgan fingerprint density at radius 1 is 1.19 bits per heavy atom. The highest BCUT2D eigenvalue weighted by molar-refractivity contribution is 5.31. The Morgan fingerprint density at radius 2 is 1.75 bits per heavy atom. The second kappa shape index (κ2) is 4.58. The second-order valence-electron chi connectivity index (χ2n) is 5.82. The lowest BCUT2D eigenvalue weighted by Crippen LogP contribution is -2.20. The molecule has 0 aromatic carbocycles. The number of nitrogens with zero attached hydrogens (tertiary/aromatic N) is 3. The summed E-state index contributed by atoms with van der Waals surface area (Å²) in [5.41, 5.74) is 4.06. The van der Waals surface area contributed by atoms with Gasteiger partial charge in [-0.1, -0.05) is 20.8 Å². The zero-order valence-electron chi connectivity index (χ0n) is 11.8. The summed E-state index contributed by atoms with van der Waals surface area (Å²) in [6.07, 6.45) is 0. The monoisotopic (exact) mass is 223 g/mol. The van der Waals surface area contributed by atoms with Crippen molar-refractivity contribution in [3.8, 4) is 0 Å². The number of hydrogen-bond donors (Lipinski definition) is 0. The minimum Gasteiger partial charge on any atom is -0.308 e. The largest absolute Gasteiger partial charge is 0.308 e. The summed E-state index contributed by atoms with van der Waals surface area (Å²) in [5, 5.41) is 4.64. The van der Waals surface area contributed by atoms with E-state index < -0.39 is 0 Å². The molecule has 1 rings (SSSR count). The van der Waals surface area contributed by atoms with Gasteiger partial charge >= 0.3 is 0 Å². The van der Waals surface area contributed by atoms with Crippen LogP contribution in [0.15, 0.2) is 0 Å². The van der Waals surface area contributed by atoms with E-state index in [1.54, 1.807) is 0 Å². The van der Waals surface area contributed by atoms with Gasteiger partial charge in [0, 0.05) is 17.8 Å². The second-order valence-corrected chi connectivity index (χ2v) is 5.82. The van der Waals surface area contributed by atoms with Crippen molar-refractivity contribution < 1.29 is 0 Å². The van der Waals surface area contributed by atoms with E-state index in [0.717, 1.165) is 13.1 Å². The van der Waals surface area contributed by atoms with Crippen LogP contribution in [0.5, 0.6) is 0 Å². The number of hydrogen-bond acceptors (Lipinski definition) is 2. The van der Waals surface area contributed by atoms with E-state index in [2.05, 4.69) is 63.4 Å². The standard InChI is InChI=1S/C13H25N3/c1-10-12(13(3,4)5)11(2)16(14-10)9-8-15(6)7/h8-9H2,1-7H3. The zero-order chi connectivity index (χ0) is 12.5. The summed E-state index contributed by atoms with van der Waals surface area (Å²) in [4.78, 5) is 2.19. The van der Waals surface area contributed by atoms with Gasteiger partial charge in [0.05, 0.1) is 12.2 Å². The molecule has 92 valence electrons. The molecule has 0 aliphatic rings. The summed E-state index contributed by atoms with van der Waals surface area (Å²) < 4.78 is 2.13. The fraction of sp³-hybridized carbons (Fsp3) is 0.769. The summed E-state index contributed by atoms with van der Waals surface area (Å²) in [6.45, 7) is 13.0. The number of aromatic nitrogens is 2. The molecule has 1 aromatic heterocycles. The Morgan fingerprint density at radius 3 is 2.12 bits per heavy atom. The van der Waals surface area contributed by atoms with Gasteiger partial charge in [0.1, 0.15) is 0 Å². The lowest BCUT2D eigenvalue weighted by Gasteiger charge is -2.19. The highest BCUT2D eigenvalue weighted by atomic mass is 15.3. The molecule has 0 bridgehead atoms. The molecule has 0 saturated heterocycles. The van der Waals surface area contributed by atoms with E-state index in [1.165, 1.54) is 17.0 Å². The van der Waals surface area contributed by atoms with Gasteiger partial charge in [-0.15, -0.1) is 0 Å². The Kier molecular flexibility index (Phi) is 3.79. The molecule has 1 aromatic rings. The van der Waals surface area contributed by atoms with E-state index in [0.29, 0.717) is 0 Å². The molecular formula is C13H25N3. The van der Waals surface area contributed by atoms with E-state index in [1.807, 2.05) is 0 Å². The van der Waals surface area contributed by atoms with Crippen LogP contribution in [0.1, 0.15) is 37.7 Å². The third kappa shape index (κ3) is 2.85. The van der Waals surface area contributed by atoms with Crippen LogP contribution in [0.25, 0.3) is 0 Å². The molecule has 0 atom stereocenters. The molecule has 0 aliphatic carbocycles. The molecule has 0 amide bonds. The fourth-order valence-electron chi connectivity index (χ4n) is 2.29. The van der Waals surface area contributed by atoms with Gasteiger partial charge in [0.25, 0.3) is 0 Å². The van der Waals surface area contributed by atoms with E-state index in [4.69, 9.17) is 0 Å². The van der Waals surface area contributed by atoms with Gasteiger partial charge < -0.3 is 4.90 Å². The van der Waals surface area contributed by atoms with Crippen LogP contribution in [0, 0.1) is 13.8 Å². The van der Waals surface area contributed by atoms with Crippen molar-refractivity contribution in [2.75, 3.05) is 20.6 Å². The first-order valence-electron chi connectivity index (χ1n) is 5.92. The first-order valence-corrected chi connectivity index (χ1v) is 5.92. The normalized spacial score (nSPS) is 12.5. The summed E-state index contributed by atoms with van der Waals surface area (Å²) >= 11 is 0. The SMILES string of the molecule is Cc1nn(CCN(C)C)c(C)c1C(C)(C)C. The Labute approximate surface area is 99.4 Å². The topological polar surface area (TPSA) is 21.1 Å². The molecule has 0 unspecified atom stereocenters. The number of rotatable bonds is 3. The first-order chi connectivity index (χ1) is 7.23. The Hall–Kier alpha value is -0.830. The highest BCUT2D eigenvalue weighted by Gasteiger charge is 2.23. The minimum absolute atomic E-state index is 0.185. The van der Waals surface area contributed by atoms with Gasteiger partial charge in [0.15, 0.2) is 0 Å². The van der Waals surface area contributed by atoms with Gasteiger partial charge in [0.2, 0.25) is 0 Å². The fourth-order valence-corrected chi connectivity index (χ4v) is 2.29. The summed E-state index contributed by atoms with van der Waals surface area (Å²) in [5.74, 6) is 0. The maximum absolute atomic E-state index is 4.64. The summed E-state index contributed by atoms with van der Waals surface area (Å²) in [6, 6.07) is 0. The maximum Gasteiger partial charge on any atom is 0.0633 e. The lowest BCUT2D eigenvalue weighted by molar-refractivity contribution is 0.370. The molecule has 0 N–H and O–H groups in total. The smallest absolute Gasteiger partial charge is 0.0633 e. The molecular weight excluding hydrogens is 198 g/mol. The predicted octanol–water partition coefficient (Wildman–Crippen LogP) is 2.36. The highest BCUT2D eigenvalue weighted by Crippen LogP contribution is 2.28. The molecule has 0 saturated carbocycles. The predicted molar refractivity (Wildman–Crippen MR) is 69.0 cm³/mol. The van der Waals surface area contributed by atoms with Crippen molar-refractivity contribution >= 4 is 0 Å². The van der Waals surface area contributed by atoms with E-state index >= 15 is 0 Å². The van der Waals surface area contributed by atoms with Crippen molar-refractivity contribution in [1.82, 2.24) is 14.7 Å². The third-order valence-electron chi connectivity index (χ3n) is 2.89. The van der Waals surface area contributed by atoms with Crippen molar-refractivity contribution in [3.05, 3.63) is 17.0 Å². The minimum atomic E-state index is 0.185. The van der Waals surface area contributed by atoms with Crippen LogP contribution in [0.4, 0.5) is 0 Å². The Bertz CT molecular complexity index is 356. The molecule has 3 heteroatoms. The van der Waals surface area contributed by atoms with Gasteiger partial charge in [-0.2, -0.15) is 5.10 Å². The van der Waals surface area contributed by atoms with Crippen molar-refractivity contribution in [2.24, 2.45) is 0 Å². The lowest BCUT2D eigenvalue weighted by atomic mass is 9.85. The van der Waals surface area contributed by atoms with E-state index in [9.17, 15) is 0 Å². The van der Waals surface area contributed by atoms with Crippen molar-refractivity contribution in [2.45, 2.75) is 46.6 Å². The zero-order valence-corrected chi connectivity index (χ0v) is 11.8. The molecule has 0 radical (unpaired) electrons. The molecule has 3 nitrogen and oxygen atoms in total. The molecule has 0 fully saturated rings. The first kappa shape index (κ1) is 13.2. The average molecular weight is 223 g/mol. The molecule has 0 aliphatic heterocycles. The van der Waals surface area contributed by atoms with Crippen molar-refractivity contribution in [1.29, 1.82) is 0 Å². The van der Waals surface area contributed by atoms with Crippen LogP contribution < -0.4 is 0 Å². The number of aryl methyl sites for hydroxylation is 1. The average Bonchev–Trinajstić information content (AvgIpc) is 2.36. The van der Waals surface area contributed by atoms with Crippen molar-refractivity contribution in [3.63, 3.8) is 0 Å².